The van der Waals surface area contributed by atoms with Gasteiger partial charge in [-0.1, -0.05) is 44.2 Å². The molecule has 1 aliphatic rings. The number of aryl methyl sites for hydroxylation is 1. The van der Waals surface area contributed by atoms with Gasteiger partial charge < -0.3 is 0 Å². The molecule has 0 fully saturated rings. The van der Waals surface area contributed by atoms with E-state index < -0.39 is 0 Å². The van der Waals surface area contributed by atoms with Crippen LogP contribution in [0.5, 0.6) is 0 Å². The average Bonchev–Trinajstić information content (AvgIpc) is 2.89. The Labute approximate surface area is 101 Å². The molecule has 0 unspecified atom stereocenters. The molecule has 0 saturated carbocycles. The summed E-state index contributed by atoms with van der Waals surface area (Å²) >= 11 is 0. The van der Waals surface area contributed by atoms with Crippen molar-refractivity contribution >= 4 is 0 Å². The lowest BCUT2D eigenvalue weighted by Crippen LogP contribution is -2.08. The van der Waals surface area contributed by atoms with Crippen LogP contribution in [0.25, 0.3) is 0 Å². The molecular formula is C14H17N3. The number of aromatic nitrogens is 3. The summed E-state index contributed by atoms with van der Waals surface area (Å²) in [6.07, 6.45) is 2.16. The van der Waals surface area contributed by atoms with Crippen molar-refractivity contribution in [1.29, 1.82) is 0 Å². The molecule has 1 atom stereocenters. The van der Waals surface area contributed by atoms with E-state index in [1.165, 1.54) is 5.56 Å². The first kappa shape index (κ1) is 10.5. The standard InChI is InChI=1S/C14H17N3/c1-10(2)14-15-13-9-8-12(17(13)16-14)11-6-4-3-5-7-11/h3-7,10,12H,8-9H2,1-2H3/t12-/m1/s1. The topological polar surface area (TPSA) is 30.7 Å². The molecule has 0 radical (unpaired) electrons. The highest BCUT2D eigenvalue weighted by Gasteiger charge is 2.27. The van der Waals surface area contributed by atoms with Crippen LogP contribution in [-0.4, -0.2) is 14.8 Å². The molecule has 17 heavy (non-hydrogen) atoms. The predicted octanol–water partition coefficient (Wildman–Crippen LogP) is 2.94. The second-order valence-electron chi connectivity index (χ2n) is 4.95. The molecule has 3 nitrogen and oxygen atoms in total. The van der Waals surface area contributed by atoms with Crippen LogP contribution in [0.4, 0.5) is 0 Å². The lowest BCUT2D eigenvalue weighted by atomic mass is 10.1. The first-order valence-electron chi connectivity index (χ1n) is 6.26. The van der Waals surface area contributed by atoms with Gasteiger partial charge in [0.2, 0.25) is 0 Å². The van der Waals surface area contributed by atoms with Crippen molar-refractivity contribution in [2.75, 3.05) is 0 Å². The molecule has 0 saturated heterocycles. The summed E-state index contributed by atoms with van der Waals surface area (Å²) in [5.74, 6) is 2.52. The monoisotopic (exact) mass is 227 g/mol. The summed E-state index contributed by atoms with van der Waals surface area (Å²) < 4.78 is 2.12. The van der Waals surface area contributed by atoms with Crippen LogP contribution in [0.15, 0.2) is 30.3 Å². The third kappa shape index (κ3) is 1.75. The van der Waals surface area contributed by atoms with Gasteiger partial charge in [-0.3, -0.25) is 0 Å². The van der Waals surface area contributed by atoms with Gasteiger partial charge in [-0.2, -0.15) is 5.10 Å². The van der Waals surface area contributed by atoms with Gasteiger partial charge in [0.15, 0.2) is 5.82 Å². The Bertz CT molecular complexity index is 514. The number of fused-ring (bicyclic) bond motifs is 1. The van der Waals surface area contributed by atoms with E-state index in [0.717, 1.165) is 24.5 Å². The molecule has 3 rings (SSSR count). The van der Waals surface area contributed by atoms with Gasteiger partial charge >= 0.3 is 0 Å². The maximum absolute atomic E-state index is 4.65. The van der Waals surface area contributed by atoms with E-state index in [-0.39, 0.29) is 0 Å². The molecule has 2 heterocycles. The van der Waals surface area contributed by atoms with E-state index in [0.29, 0.717) is 12.0 Å². The van der Waals surface area contributed by atoms with Gasteiger partial charge in [0, 0.05) is 12.3 Å². The zero-order valence-electron chi connectivity index (χ0n) is 10.3. The Balaban J connectivity index is 1.98. The molecule has 1 aliphatic heterocycles. The Morgan fingerprint density at radius 1 is 1.24 bits per heavy atom. The van der Waals surface area contributed by atoms with Gasteiger partial charge in [-0.15, -0.1) is 0 Å². The average molecular weight is 227 g/mol. The second kappa shape index (κ2) is 3.99. The zero-order chi connectivity index (χ0) is 11.8. The van der Waals surface area contributed by atoms with E-state index in [9.17, 15) is 0 Å². The van der Waals surface area contributed by atoms with Crippen molar-refractivity contribution in [3.63, 3.8) is 0 Å². The third-order valence-corrected chi connectivity index (χ3v) is 3.36. The predicted molar refractivity (Wildman–Crippen MR) is 67.0 cm³/mol. The number of benzene rings is 1. The summed E-state index contributed by atoms with van der Waals surface area (Å²) in [5.41, 5.74) is 1.34. The van der Waals surface area contributed by atoms with E-state index in [4.69, 9.17) is 0 Å². The van der Waals surface area contributed by atoms with Crippen LogP contribution in [-0.2, 0) is 6.42 Å². The summed E-state index contributed by atoms with van der Waals surface area (Å²) in [6, 6.07) is 11.0. The highest BCUT2D eigenvalue weighted by molar-refractivity contribution is 5.22. The van der Waals surface area contributed by atoms with Crippen LogP contribution in [0, 0.1) is 0 Å². The van der Waals surface area contributed by atoms with Crippen molar-refractivity contribution in [1.82, 2.24) is 14.8 Å². The molecule has 1 aromatic heterocycles. The van der Waals surface area contributed by atoms with Crippen molar-refractivity contribution in [2.24, 2.45) is 0 Å². The fourth-order valence-corrected chi connectivity index (χ4v) is 2.41. The first-order valence-corrected chi connectivity index (χ1v) is 6.26. The Morgan fingerprint density at radius 2 is 2.00 bits per heavy atom. The Morgan fingerprint density at radius 3 is 2.71 bits per heavy atom. The van der Waals surface area contributed by atoms with Crippen molar-refractivity contribution in [3.05, 3.63) is 47.5 Å². The first-order chi connectivity index (χ1) is 8.25. The molecular weight excluding hydrogens is 210 g/mol. The molecule has 0 N–H and O–H groups in total. The van der Waals surface area contributed by atoms with Gasteiger partial charge in [0.1, 0.15) is 5.82 Å². The van der Waals surface area contributed by atoms with Crippen LogP contribution in [0.3, 0.4) is 0 Å². The van der Waals surface area contributed by atoms with Gasteiger partial charge in [-0.25, -0.2) is 9.67 Å². The zero-order valence-corrected chi connectivity index (χ0v) is 10.3. The lowest BCUT2D eigenvalue weighted by Gasteiger charge is -2.11. The molecule has 0 aliphatic carbocycles. The van der Waals surface area contributed by atoms with Crippen LogP contribution in [0.1, 0.15) is 49.4 Å². The van der Waals surface area contributed by atoms with E-state index in [2.05, 4.69) is 58.9 Å². The number of rotatable bonds is 2. The molecule has 3 heteroatoms. The number of hydrogen-bond acceptors (Lipinski definition) is 2. The fraction of sp³-hybridized carbons (Fsp3) is 0.429. The van der Waals surface area contributed by atoms with Crippen molar-refractivity contribution < 1.29 is 0 Å². The Kier molecular flexibility index (Phi) is 2.46. The maximum atomic E-state index is 4.65. The summed E-state index contributed by atoms with van der Waals surface area (Å²) in [4.78, 5) is 4.62. The van der Waals surface area contributed by atoms with Crippen LogP contribution >= 0.6 is 0 Å². The molecule has 88 valence electrons. The van der Waals surface area contributed by atoms with Gasteiger partial charge in [0.05, 0.1) is 6.04 Å². The van der Waals surface area contributed by atoms with E-state index in [1.54, 1.807) is 0 Å². The van der Waals surface area contributed by atoms with Gasteiger partial charge in [0.25, 0.3) is 0 Å². The van der Waals surface area contributed by atoms with Crippen molar-refractivity contribution in [2.45, 2.75) is 38.6 Å². The number of nitrogens with zero attached hydrogens (tertiary/aromatic N) is 3. The molecule has 0 spiro atoms. The third-order valence-electron chi connectivity index (χ3n) is 3.36. The molecule has 2 aromatic rings. The minimum atomic E-state index is 0.381. The largest absolute Gasteiger partial charge is 0.242 e. The number of hydrogen-bond donors (Lipinski definition) is 0. The van der Waals surface area contributed by atoms with Crippen LogP contribution < -0.4 is 0 Å². The smallest absolute Gasteiger partial charge is 0.153 e. The minimum absolute atomic E-state index is 0.381. The van der Waals surface area contributed by atoms with E-state index >= 15 is 0 Å². The lowest BCUT2D eigenvalue weighted by molar-refractivity contribution is 0.543. The quantitative estimate of drug-likeness (QED) is 0.789. The molecule has 1 aromatic carbocycles. The maximum Gasteiger partial charge on any atom is 0.153 e. The SMILES string of the molecule is CC(C)c1nc2n(n1)[C@@H](c1ccccc1)CC2. The second-order valence-corrected chi connectivity index (χ2v) is 4.95. The molecule has 0 bridgehead atoms. The van der Waals surface area contributed by atoms with Gasteiger partial charge in [-0.05, 0) is 12.0 Å². The highest BCUT2D eigenvalue weighted by atomic mass is 15.4. The normalized spacial score (nSPS) is 18.6. The van der Waals surface area contributed by atoms with E-state index in [1.807, 2.05) is 0 Å². The summed E-state index contributed by atoms with van der Waals surface area (Å²) in [5, 5.41) is 4.65. The molecule has 0 amide bonds. The summed E-state index contributed by atoms with van der Waals surface area (Å²) in [6.45, 7) is 4.28. The summed E-state index contributed by atoms with van der Waals surface area (Å²) in [7, 11) is 0. The van der Waals surface area contributed by atoms with Crippen LogP contribution in [0.2, 0.25) is 0 Å². The fourth-order valence-electron chi connectivity index (χ4n) is 2.41. The highest BCUT2D eigenvalue weighted by Crippen LogP contribution is 2.30. The van der Waals surface area contributed by atoms with Crippen molar-refractivity contribution in [3.8, 4) is 0 Å². The Hall–Kier alpha value is -1.64. The minimum Gasteiger partial charge on any atom is -0.242 e.